The second-order valence-corrected chi connectivity index (χ2v) is 11.8. The molecule has 1 unspecified atom stereocenters. The maximum Gasteiger partial charge on any atom is 0.301 e. The van der Waals surface area contributed by atoms with Crippen LogP contribution in [0.4, 0.5) is 5.13 Å². The summed E-state index contributed by atoms with van der Waals surface area (Å²) in [5.74, 6) is -0.497. The van der Waals surface area contributed by atoms with Crippen molar-refractivity contribution in [2.24, 2.45) is 0 Å². The number of carbonyl (C=O) groups excluding carboxylic acids is 2. The minimum absolute atomic E-state index is 0.0198. The summed E-state index contributed by atoms with van der Waals surface area (Å²) in [5.41, 5.74) is 2.17. The summed E-state index contributed by atoms with van der Waals surface area (Å²) < 4.78 is 6.39. The van der Waals surface area contributed by atoms with E-state index in [0.717, 1.165) is 17.4 Å². The summed E-state index contributed by atoms with van der Waals surface area (Å²) in [4.78, 5) is 32.3. The molecule has 1 aliphatic rings. The van der Waals surface area contributed by atoms with Crippen molar-refractivity contribution >= 4 is 56.5 Å². The van der Waals surface area contributed by atoms with E-state index in [-0.39, 0.29) is 16.5 Å². The first-order valence-corrected chi connectivity index (χ1v) is 15.2. The number of Topliss-reactive ketones (excluding diaryl/α,β-unsaturated/α-hetero) is 1. The van der Waals surface area contributed by atoms with E-state index in [1.165, 1.54) is 45.8 Å². The Hall–Kier alpha value is -4.54. The summed E-state index contributed by atoms with van der Waals surface area (Å²) in [6, 6.07) is 23.9. The first-order valence-electron chi connectivity index (χ1n) is 13.4. The van der Waals surface area contributed by atoms with Gasteiger partial charge in [0.05, 0.1) is 18.2 Å². The van der Waals surface area contributed by atoms with Crippen molar-refractivity contribution in [3.8, 4) is 5.75 Å². The van der Waals surface area contributed by atoms with Crippen molar-refractivity contribution in [3.63, 3.8) is 0 Å². The Bertz CT molecular complexity index is 1780. The van der Waals surface area contributed by atoms with Crippen LogP contribution in [0.15, 0.2) is 101 Å². The van der Waals surface area contributed by atoms with Crippen LogP contribution in [-0.2, 0) is 15.3 Å². The van der Waals surface area contributed by atoms with Crippen LogP contribution in [0.5, 0.6) is 5.75 Å². The number of anilines is 1. The molecule has 6 rings (SSSR count). The Kier molecular flexibility index (Phi) is 7.98. The van der Waals surface area contributed by atoms with Crippen molar-refractivity contribution in [3.05, 3.63) is 114 Å². The average Bonchev–Trinajstić information content (AvgIpc) is 3.61. The molecule has 8 nitrogen and oxygen atoms in total. The fourth-order valence-corrected chi connectivity index (χ4v) is 6.76. The van der Waals surface area contributed by atoms with Gasteiger partial charge in [-0.05, 0) is 52.6 Å². The van der Waals surface area contributed by atoms with Crippen LogP contribution in [0.3, 0.4) is 0 Å². The van der Waals surface area contributed by atoms with Gasteiger partial charge in [0.1, 0.15) is 11.5 Å². The average molecular weight is 595 g/mol. The number of pyridine rings is 1. The van der Waals surface area contributed by atoms with Crippen molar-refractivity contribution in [1.82, 2.24) is 15.2 Å². The molecule has 1 atom stereocenters. The molecule has 1 fully saturated rings. The molecule has 0 aliphatic carbocycles. The van der Waals surface area contributed by atoms with Gasteiger partial charge < -0.3 is 9.84 Å². The molecule has 210 valence electrons. The minimum Gasteiger partial charge on any atom is -0.507 e. The number of hydrogen-bond acceptors (Lipinski definition) is 9. The normalized spacial score (nSPS) is 16.3. The number of aromatic nitrogens is 3. The van der Waals surface area contributed by atoms with E-state index < -0.39 is 17.7 Å². The Morgan fingerprint density at radius 2 is 1.74 bits per heavy atom. The lowest BCUT2D eigenvalue weighted by Gasteiger charge is -2.22. The standard InChI is InChI=1S/C32H26N4O4S2/c1-2-18-40-24-12-10-21(11-13-24)27-26(28(37)22-14-16-33-17-15-22)29(38)30(39)36(27)31-34-35-32(42-31)41-19-23-8-5-7-20-6-3-4-9-25(20)23/h3-17,27,37H,2,18-19H2,1H3. The molecule has 3 heterocycles. The highest BCUT2D eigenvalue weighted by Crippen LogP contribution is 2.44. The second-order valence-electron chi connectivity index (χ2n) is 9.60. The zero-order chi connectivity index (χ0) is 29.1. The van der Waals surface area contributed by atoms with Crippen molar-refractivity contribution in [2.75, 3.05) is 11.5 Å². The highest BCUT2D eigenvalue weighted by molar-refractivity contribution is 8.00. The van der Waals surface area contributed by atoms with Crippen molar-refractivity contribution in [1.29, 1.82) is 0 Å². The molecule has 0 saturated carbocycles. The Morgan fingerprint density at radius 1 is 0.976 bits per heavy atom. The number of amides is 1. The number of ether oxygens (including phenoxy) is 1. The third-order valence-electron chi connectivity index (χ3n) is 6.90. The van der Waals surface area contributed by atoms with Crippen LogP contribution >= 0.6 is 23.1 Å². The van der Waals surface area contributed by atoms with Gasteiger partial charge in [-0.1, -0.05) is 84.6 Å². The van der Waals surface area contributed by atoms with Crippen LogP contribution < -0.4 is 9.64 Å². The van der Waals surface area contributed by atoms with E-state index >= 15 is 0 Å². The number of rotatable bonds is 9. The summed E-state index contributed by atoms with van der Waals surface area (Å²) in [7, 11) is 0. The summed E-state index contributed by atoms with van der Waals surface area (Å²) in [5, 5.41) is 22.5. The third-order valence-corrected chi connectivity index (χ3v) is 9.00. The third kappa shape index (κ3) is 5.38. The van der Waals surface area contributed by atoms with Gasteiger partial charge in [-0.2, -0.15) is 0 Å². The number of aliphatic hydroxyl groups excluding tert-OH is 1. The molecule has 0 bridgehead atoms. The SMILES string of the molecule is CCCOc1ccc(C2C(=C(O)c3ccncc3)C(=O)C(=O)N2c2nnc(SCc3cccc4ccccc34)s2)cc1. The molecule has 1 aliphatic heterocycles. The summed E-state index contributed by atoms with van der Waals surface area (Å²) in [6.07, 6.45) is 3.90. The predicted octanol–water partition coefficient (Wildman–Crippen LogP) is 6.79. The highest BCUT2D eigenvalue weighted by atomic mass is 32.2. The van der Waals surface area contributed by atoms with Gasteiger partial charge >= 0.3 is 5.91 Å². The first-order chi connectivity index (χ1) is 20.5. The van der Waals surface area contributed by atoms with Gasteiger partial charge in [-0.15, -0.1) is 10.2 Å². The molecular weight excluding hydrogens is 569 g/mol. The van der Waals surface area contributed by atoms with E-state index in [0.29, 0.717) is 33.6 Å². The number of aliphatic hydroxyl groups is 1. The monoisotopic (exact) mass is 594 g/mol. The number of hydrogen-bond donors (Lipinski definition) is 1. The zero-order valence-corrected chi connectivity index (χ0v) is 24.3. The lowest BCUT2D eigenvalue weighted by molar-refractivity contribution is -0.132. The van der Waals surface area contributed by atoms with E-state index in [1.807, 2.05) is 25.1 Å². The molecule has 0 spiro atoms. The number of benzene rings is 3. The Morgan fingerprint density at radius 3 is 2.52 bits per heavy atom. The number of fused-ring (bicyclic) bond motifs is 1. The molecule has 2 aromatic heterocycles. The topological polar surface area (TPSA) is 106 Å². The molecule has 42 heavy (non-hydrogen) atoms. The van der Waals surface area contributed by atoms with Gasteiger partial charge in [-0.3, -0.25) is 19.5 Å². The fourth-order valence-electron chi connectivity index (χ4n) is 4.89. The second kappa shape index (κ2) is 12.1. The fraction of sp³-hybridized carbons (Fsp3) is 0.156. The molecule has 10 heteroatoms. The number of carbonyl (C=O) groups is 2. The van der Waals surface area contributed by atoms with Crippen LogP contribution in [0.2, 0.25) is 0 Å². The Labute approximate surface area is 250 Å². The van der Waals surface area contributed by atoms with Gasteiger partial charge in [0.15, 0.2) is 4.34 Å². The van der Waals surface area contributed by atoms with Gasteiger partial charge in [0.2, 0.25) is 5.13 Å². The number of thioether (sulfide) groups is 1. The molecule has 0 radical (unpaired) electrons. The quantitative estimate of drug-likeness (QED) is 0.0654. The highest BCUT2D eigenvalue weighted by Gasteiger charge is 2.48. The smallest absolute Gasteiger partial charge is 0.301 e. The van der Waals surface area contributed by atoms with E-state index in [2.05, 4.69) is 39.4 Å². The largest absolute Gasteiger partial charge is 0.507 e. The van der Waals surface area contributed by atoms with E-state index in [9.17, 15) is 14.7 Å². The van der Waals surface area contributed by atoms with Crippen molar-refractivity contribution < 1.29 is 19.4 Å². The van der Waals surface area contributed by atoms with Gasteiger partial charge in [0, 0.05) is 23.7 Å². The van der Waals surface area contributed by atoms with Gasteiger partial charge in [-0.25, -0.2) is 0 Å². The van der Waals surface area contributed by atoms with E-state index in [4.69, 9.17) is 4.74 Å². The van der Waals surface area contributed by atoms with Crippen LogP contribution in [0.1, 0.15) is 36.1 Å². The maximum absolute atomic E-state index is 13.5. The predicted molar refractivity (Wildman–Crippen MR) is 165 cm³/mol. The minimum atomic E-state index is -0.901. The van der Waals surface area contributed by atoms with Gasteiger partial charge in [0.25, 0.3) is 5.78 Å². The van der Waals surface area contributed by atoms with E-state index in [1.54, 1.807) is 36.4 Å². The number of nitrogens with zero attached hydrogens (tertiary/aromatic N) is 4. The van der Waals surface area contributed by atoms with Crippen LogP contribution in [-0.4, -0.2) is 38.6 Å². The lowest BCUT2D eigenvalue weighted by Crippen LogP contribution is -2.29. The zero-order valence-electron chi connectivity index (χ0n) is 22.6. The molecule has 1 N–H and O–H groups in total. The lowest BCUT2D eigenvalue weighted by atomic mass is 9.95. The summed E-state index contributed by atoms with van der Waals surface area (Å²) in [6.45, 7) is 2.60. The molecule has 1 saturated heterocycles. The van der Waals surface area contributed by atoms with Crippen molar-refractivity contribution in [2.45, 2.75) is 29.5 Å². The molecule has 1 amide bonds. The maximum atomic E-state index is 13.5. The van der Waals surface area contributed by atoms with Crippen LogP contribution in [0.25, 0.3) is 16.5 Å². The number of ketones is 1. The molecule has 3 aromatic carbocycles. The van der Waals surface area contributed by atoms with Crippen LogP contribution in [0, 0.1) is 0 Å². The molecular formula is C32H26N4O4S2. The Balaban J connectivity index is 1.35. The summed E-state index contributed by atoms with van der Waals surface area (Å²) >= 11 is 2.76. The first kappa shape index (κ1) is 27.6. The molecule has 5 aromatic rings.